The van der Waals surface area contributed by atoms with Crippen LogP contribution < -0.4 is 11.1 Å². The van der Waals surface area contributed by atoms with E-state index in [4.69, 9.17) is 17.3 Å². The van der Waals surface area contributed by atoms with Crippen LogP contribution in [0.3, 0.4) is 0 Å². The number of halogens is 1. The number of carbonyl (C=O) groups is 1. The predicted octanol–water partition coefficient (Wildman–Crippen LogP) is 2.98. The van der Waals surface area contributed by atoms with Gasteiger partial charge in [-0.2, -0.15) is 0 Å². The van der Waals surface area contributed by atoms with Gasteiger partial charge in [-0.15, -0.1) is 0 Å². The van der Waals surface area contributed by atoms with Crippen molar-refractivity contribution in [1.82, 2.24) is 4.90 Å². The molecule has 0 aromatic heterocycles. The van der Waals surface area contributed by atoms with Crippen molar-refractivity contribution >= 4 is 28.9 Å². The van der Waals surface area contributed by atoms with Crippen LogP contribution >= 0.6 is 11.6 Å². The van der Waals surface area contributed by atoms with Gasteiger partial charge in [0.05, 0.1) is 16.8 Å². The van der Waals surface area contributed by atoms with Crippen LogP contribution in [0, 0.1) is 0 Å². The second kappa shape index (κ2) is 6.78. The lowest BCUT2D eigenvalue weighted by atomic mass is 10.1. The number of nitrogens with zero attached hydrogens (tertiary/aromatic N) is 1. The minimum atomic E-state index is -0.219. The number of nitrogen functional groups attached to an aromatic ring is 1. The van der Waals surface area contributed by atoms with Gasteiger partial charge < -0.3 is 11.1 Å². The van der Waals surface area contributed by atoms with Gasteiger partial charge in [-0.3, -0.25) is 9.69 Å². The van der Waals surface area contributed by atoms with Gasteiger partial charge in [0.2, 0.25) is 5.91 Å². The fourth-order valence-electron chi connectivity index (χ4n) is 1.72. The first-order valence-electron chi connectivity index (χ1n) is 6.44. The molecule has 0 aliphatic carbocycles. The molecule has 0 saturated heterocycles. The van der Waals surface area contributed by atoms with E-state index in [1.807, 2.05) is 18.9 Å². The lowest BCUT2D eigenvalue weighted by molar-refractivity contribution is -0.121. The molecule has 1 amide bonds. The molecule has 0 fully saturated rings. The maximum Gasteiger partial charge on any atom is 0.241 e. The minimum absolute atomic E-state index is 0.0746. The zero-order chi connectivity index (χ0) is 14.6. The van der Waals surface area contributed by atoms with E-state index in [1.54, 1.807) is 18.2 Å². The second-order valence-electron chi connectivity index (χ2n) is 4.83. The number of nitrogens with one attached hydrogen (secondary N) is 1. The molecule has 106 valence electrons. The summed E-state index contributed by atoms with van der Waals surface area (Å²) >= 11 is 6.04. The Hall–Kier alpha value is -1.26. The molecule has 19 heavy (non-hydrogen) atoms. The number of anilines is 2. The molecule has 0 aliphatic heterocycles. The Kier molecular flexibility index (Phi) is 5.63. The Labute approximate surface area is 119 Å². The van der Waals surface area contributed by atoms with E-state index in [0.717, 1.165) is 6.42 Å². The zero-order valence-electron chi connectivity index (χ0n) is 11.9. The van der Waals surface area contributed by atoms with E-state index in [-0.39, 0.29) is 11.9 Å². The van der Waals surface area contributed by atoms with Crippen molar-refractivity contribution in [3.63, 3.8) is 0 Å². The van der Waals surface area contributed by atoms with E-state index in [0.29, 0.717) is 22.4 Å². The van der Waals surface area contributed by atoms with Crippen LogP contribution in [0.1, 0.15) is 27.2 Å². The summed E-state index contributed by atoms with van der Waals surface area (Å²) < 4.78 is 0. The van der Waals surface area contributed by atoms with Crippen molar-refractivity contribution in [1.29, 1.82) is 0 Å². The number of hydrogen-bond donors (Lipinski definition) is 2. The molecule has 1 aromatic carbocycles. The van der Waals surface area contributed by atoms with Gasteiger partial charge in [0.15, 0.2) is 0 Å². The Morgan fingerprint density at radius 3 is 2.63 bits per heavy atom. The molecule has 0 heterocycles. The third-order valence-corrected chi connectivity index (χ3v) is 3.84. The monoisotopic (exact) mass is 283 g/mol. The van der Waals surface area contributed by atoms with E-state index in [9.17, 15) is 4.79 Å². The fraction of sp³-hybridized carbons (Fsp3) is 0.500. The highest BCUT2D eigenvalue weighted by atomic mass is 35.5. The van der Waals surface area contributed by atoms with Crippen molar-refractivity contribution in [3.8, 4) is 0 Å². The van der Waals surface area contributed by atoms with Crippen molar-refractivity contribution in [3.05, 3.63) is 23.2 Å². The summed E-state index contributed by atoms with van der Waals surface area (Å²) in [5, 5.41) is 3.28. The van der Waals surface area contributed by atoms with Crippen LogP contribution in [0.25, 0.3) is 0 Å². The van der Waals surface area contributed by atoms with E-state index in [2.05, 4.69) is 19.2 Å². The normalized spacial score (nSPS) is 14.2. The number of amides is 1. The van der Waals surface area contributed by atoms with Crippen LogP contribution in [0.4, 0.5) is 11.4 Å². The summed E-state index contributed by atoms with van der Waals surface area (Å²) in [5.41, 5.74) is 6.78. The quantitative estimate of drug-likeness (QED) is 0.817. The topological polar surface area (TPSA) is 58.4 Å². The van der Waals surface area contributed by atoms with Crippen molar-refractivity contribution in [2.45, 2.75) is 39.3 Å². The third kappa shape index (κ3) is 4.11. The molecule has 0 bridgehead atoms. The maximum atomic E-state index is 12.2. The van der Waals surface area contributed by atoms with Crippen LogP contribution in [0.15, 0.2) is 18.2 Å². The number of likely N-dealkylation sites (N-methyl/N-ethyl adjacent to an activating group) is 1. The zero-order valence-corrected chi connectivity index (χ0v) is 12.7. The van der Waals surface area contributed by atoms with Gasteiger partial charge in [0.1, 0.15) is 0 Å². The third-order valence-electron chi connectivity index (χ3n) is 3.53. The molecule has 1 rings (SSSR count). The molecular formula is C14H22ClN3O. The summed E-state index contributed by atoms with van der Waals surface area (Å²) in [6, 6.07) is 5.18. The first kappa shape index (κ1) is 15.8. The molecule has 0 saturated carbocycles. The van der Waals surface area contributed by atoms with Gasteiger partial charge in [-0.1, -0.05) is 18.5 Å². The summed E-state index contributed by atoms with van der Waals surface area (Å²) in [4.78, 5) is 14.2. The molecule has 3 N–H and O–H groups in total. The van der Waals surface area contributed by atoms with Gasteiger partial charge in [-0.05, 0) is 45.5 Å². The average molecular weight is 284 g/mol. The highest BCUT2D eigenvalue weighted by Gasteiger charge is 2.21. The standard InChI is InChI=1S/C14H22ClN3O/c1-5-9(2)18(4)10(3)14(19)17-13-7-6-11(16)8-12(13)15/h6-10H,5,16H2,1-4H3,(H,17,19). The summed E-state index contributed by atoms with van der Waals surface area (Å²) in [6.07, 6.45) is 0.997. The first-order valence-corrected chi connectivity index (χ1v) is 6.82. The van der Waals surface area contributed by atoms with Crippen molar-refractivity contribution in [2.24, 2.45) is 0 Å². The second-order valence-corrected chi connectivity index (χ2v) is 5.23. The summed E-state index contributed by atoms with van der Waals surface area (Å²) in [5.74, 6) is -0.0746. The lowest BCUT2D eigenvalue weighted by Gasteiger charge is -2.29. The van der Waals surface area contributed by atoms with Crippen molar-refractivity contribution in [2.75, 3.05) is 18.1 Å². The Morgan fingerprint density at radius 1 is 1.47 bits per heavy atom. The highest BCUT2D eigenvalue weighted by molar-refractivity contribution is 6.34. The van der Waals surface area contributed by atoms with Crippen molar-refractivity contribution < 1.29 is 4.79 Å². The molecule has 1 aromatic rings. The maximum absolute atomic E-state index is 12.2. The number of rotatable bonds is 5. The largest absolute Gasteiger partial charge is 0.399 e. The molecule has 2 atom stereocenters. The summed E-state index contributed by atoms with van der Waals surface area (Å²) in [6.45, 7) is 6.08. The SMILES string of the molecule is CCC(C)N(C)C(C)C(=O)Nc1ccc(N)cc1Cl. The fourth-order valence-corrected chi connectivity index (χ4v) is 1.96. The smallest absolute Gasteiger partial charge is 0.241 e. The molecule has 0 spiro atoms. The lowest BCUT2D eigenvalue weighted by Crippen LogP contribution is -2.44. The Balaban J connectivity index is 2.74. The number of benzene rings is 1. The van der Waals surface area contributed by atoms with Gasteiger partial charge in [-0.25, -0.2) is 0 Å². The van der Waals surface area contributed by atoms with Gasteiger partial charge in [0, 0.05) is 11.7 Å². The van der Waals surface area contributed by atoms with Crippen LogP contribution in [0.5, 0.6) is 0 Å². The highest BCUT2D eigenvalue weighted by Crippen LogP contribution is 2.24. The molecule has 0 aliphatic rings. The number of carbonyl (C=O) groups excluding carboxylic acids is 1. The molecular weight excluding hydrogens is 262 g/mol. The Bertz CT molecular complexity index is 450. The average Bonchev–Trinajstić information content (AvgIpc) is 2.39. The summed E-state index contributed by atoms with van der Waals surface area (Å²) in [7, 11) is 1.95. The minimum Gasteiger partial charge on any atom is -0.399 e. The van der Waals surface area contributed by atoms with Gasteiger partial charge >= 0.3 is 0 Å². The number of nitrogens with two attached hydrogens (primary N) is 1. The van der Waals surface area contributed by atoms with Crippen LogP contribution in [0.2, 0.25) is 5.02 Å². The van der Waals surface area contributed by atoms with E-state index >= 15 is 0 Å². The Morgan fingerprint density at radius 2 is 2.11 bits per heavy atom. The molecule has 2 unspecified atom stereocenters. The van der Waals surface area contributed by atoms with Crippen LogP contribution in [-0.4, -0.2) is 29.9 Å². The molecule has 0 radical (unpaired) electrons. The van der Waals surface area contributed by atoms with Gasteiger partial charge in [0.25, 0.3) is 0 Å². The molecule has 4 nitrogen and oxygen atoms in total. The van der Waals surface area contributed by atoms with Crippen LogP contribution in [-0.2, 0) is 4.79 Å². The van der Waals surface area contributed by atoms with E-state index < -0.39 is 0 Å². The molecule has 5 heteroatoms. The predicted molar refractivity (Wildman–Crippen MR) is 81.5 cm³/mol. The first-order chi connectivity index (χ1) is 8.86. The van der Waals surface area contributed by atoms with E-state index in [1.165, 1.54) is 0 Å². The number of hydrogen-bond acceptors (Lipinski definition) is 3.